The molecule has 1 amide bonds. The summed E-state index contributed by atoms with van der Waals surface area (Å²) in [7, 11) is 3.96. The zero-order valence-corrected chi connectivity index (χ0v) is 15.0. The van der Waals surface area contributed by atoms with Gasteiger partial charge in [-0.2, -0.15) is 5.26 Å². The standard InChI is InChI=1S/C20H18N6O/c1-26(2)18-8-6-16(7-9-18)25-20-22-12-15(13-23-20)19(27)24-17-5-3-4-14(10-17)11-21/h3-10,12-13H,1-2H3,(H,24,27)(H,22,23,25). The van der Waals surface area contributed by atoms with Gasteiger partial charge in [-0.25, -0.2) is 9.97 Å². The van der Waals surface area contributed by atoms with Crippen molar-refractivity contribution in [1.29, 1.82) is 5.26 Å². The second-order valence-electron chi connectivity index (χ2n) is 6.01. The number of hydrogen-bond donors (Lipinski definition) is 2. The Balaban J connectivity index is 1.65. The van der Waals surface area contributed by atoms with Crippen LogP contribution < -0.4 is 15.5 Å². The van der Waals surface area contributed by atoms with E-state index in [4.69, 9.17) is 5.26 Å². The molecule has 2 N–H and O–H groups in total. The minimum Gasteiger partial charge on any atom is -0.378 e. The molecular weight excluding hydrogens is 340 g/mol. The molecule has 0 bridgehead atoms. The quantitative estimate of drug-likeness (QED) is 0.726. The lowest BCUT2D eigenvalue weighted by Gasteiger charge is -2.13. The van der Waals surface area contributed by atoms with E-state index in [1.54, 1.807) is 24.3 Å². The number of nitriles is 1. The number of nitrogens with zero attached hydrogens (tertiary/aromatic N) is 4. The van der Waals surface area contributed by atoms with Gasteiger partial charge in [0.05, 0.1) is 17.2 Å². The second kappa shape index (κ2) is 7.97. The molecule has 3 rings (SSSR count). The van der Waals surface area contributed by atoms with Crippen molar-refractivity contribution in [3.63, 3.8) is 0 Å². The van der Waals surface area contributed by atoms with Crippen molar-refractivity contribution >= 4 is 28.9 Å². The molecule has 2 aromatic carbocycles. The highest BCUT2D eigenvalue weighted by Crippen LogP contribution is 2.18. The van der Waals surface area contributed by atoms with E-state index in [0.717, 1.165) is 11.4 Å². The Hall–Kier alpha value is -3.92. The van der Waals surface area contributed by atoms with Crippen LogP contribution in [0.15, 0.2) is 60.9 Å². The van der Waals surface area contributed by atoms with Crippen LogP contribution in [0.1, 0.15) is 15.9 Å². The third-order valence-electron chi connectivity index (χ3n) is 3.80. The molecule has 1 aromatic heterocycles. The Morgan fingerprint density at radius 1 is 1.04 bits per heavy atom. The van der Waals surface area contributed by atoms with Gasteiger partial charge < -0.3 is 15.5 Å². The first-order valence-corrected chi connectivity index (χ1v) is 8.23. The molecular formula is C20H18N6O. The van der Waals surface area contributed by atoms with Crippen molar-refractivity contribution in [2.24, 2.45) is 0 Å². The zero-order valence-electron chi connectivity index (χ0n) is 15.0. The Morgan fingerprint density at radius 3 is 2.37 bits per heavy atom. The summed E-state index contributed by atoms with van der Waals surface area (Å²) in [6.07, 6.45) is 2.90. The van der Waals surface area contributed by atoms with Crippen LogP contribution in [-0.4, -0.2) is 30.0 Å². The highest BCUT2D eigenvalue weighted by atomic mass is 16.1. The van der Waals surface area contributed by atoms with Gasteiger partial charge in [0, 0.05) is 43.6 Å². The largest absolute Gasteiger partial charge is 0.378 e. The Kier molecular flexibility index (Phi) is 5.28. The van der Waals surface area contributed by atoms with Gasteiger partial charge in [0.15, 0.2) is 0 Å². The van der Waals surface area contributed by atoms with Crippen LogP contribution in [0.25, 0.3) is 0 Å². The summed E-state index contributed by atoms with van der Waals surface area (Å²) in [5.74, 6) is 0.0580. The van der Waals surface area contributed by atoms with Crippen molar-refractivity contribution in [3.8, 4) is 6.07 Å². The van der Waals surface area contributed by atoms with Gasteiger partial charge in [-0.15, -0.1) is 0 Å². The number of benzene rings is 2. The summed E-state index contributed by atoms with van der Waals surface area (Å²) in [6.45, 7) is 0. The number of nitrogens with one attached hydrogen (secondary N) is 2. The van der Waals surface area contributed by atoms with E-state index in [0.29, 0.717) is 22.8 Å². The van der Waals surface area contributed by atoms with Gasteiger partial charge in [-0.05, 0) is 42.5 Å². The number of rotatable bonds is 5. The average Bonchev–Trinajstić information content (AvgIpc) is 2.69. The summed E-state index contributed by atoms with van der Waals surface area (Å²) in [6, 6.07) is 16.6. The first-order chi connectivity index (χ1) is 13.0. The molecule has 134 valence electrons. The van der Waals surface area contributed by atoms with Crippen LogP contribution in [0.3, 0.4) is 0 Å². The van der Waals surface area contributed by atoms with Gasteiger partial charge in [0.25, 0.3) is 5.91 Å². The number of anilines is 4. The van der Waals surface area contributed by atoms with E-state index >= 15 is 0 Å². The average molecular weight is 358 g/mol. The van der Waals surface area contributed by atoms with Gasteiger partial charge in [-0.1, -0.05) is 6.07 Å². The molecule has 1 heterocycles. The maximum atomic E-state index is 12.3. The molecule has 0 aliphatic heterocycles. The molecule has 0 aliphatic rings. The van der Waals surface area contributed by atoms with Crippen molar-refractivity contribution < 1.29 is 4.79 Å². The molecule has 27 heavy (non-hydrogen) atoms. The molecule has 0 spiro atoms. The maximum absolute atomic E-state index is 12.3. The van der Waals surface area contributed by atoms with Crippen LogP contribution in [-0.2, 0) is 0 Å². The summed E-state index contributed by atoms with van der Waals surface area (Å²) in [5, 5.41) is 14.7. The highest BCUT2D eigenvalue weighted by molar-refractivity contribution is 6.04. The fraction of sp³-hybridized carbons (Fsp3) is 0.100. The zero-order chi connectivity index (χ0) is 19.2. The predicted molar refractivity (Wildman–Crippen MR) is 105 cm³/mol. The van der Waals surface area contributed by atoms with Crippen molar-refractivity contribution in [2.45, 2.75) is 0 Å². The molecule has 7 nitrogen and oxygen atoms in total. The summed E-state index contributed by atoms with van der Waals surface area (Å²) in [5.41, 5.74) is 3.29. The summed E-state index contributed by atoms with van der Waals surface area (Å²) in [4.78, 5) is 22.7. The van der Waals surface area contributed by atoms with Crippen molar-refractivity contribution in [1.82, 2.24) is 9.97 Å². The van der Waals surface area contributed by atoms with Crippen LogP contribution in [0.2, 0.25) is 0 Å². The van der Waals surface area contributed by atoms with Gasteiger partial charge >= 0.3 is 0 Å². The van der Waals surface area contributed by atoms with Crippen molar-refractivity contribution in [2.75, 3.05) is 29.6 Å². The number of amides is 1. The maximum Gasteiger partial charge on any atom is 0.258 e. The fourth-order valence-corrected chi connectivity index (χ4v) is 2.35. The van der Waals surface area contributed by atoms with Gasteiger partial charge in [0.1, 0.15) is 0 Å². The van der Waals surface area contributed by atoms with Crippen molar-refractivity contribution in [3.05, 3.63) is 72.1 Å². The number of aromatic nitrogens is 2. The Morgan fingerprint density at radius 2 is 1.74 bits per heavy atom. The third kappa shape index (κ3) is 4.58. The molecule has 0 radical (unpaired) electrons. The van der Waals surface area contributed by atoms with Crippen LogP contribution in [0.4, 0.5) is 23.0 Å². The first-order valence-electron chi connectivity index (χ1n) is 8.23. The Labute approximate surface area is 157 Å². The molecule has 0 aliphatic carbocycles. The highest BCUT2D eigenvalue weighted by Gasteiger charge is 2.08. The Bertz CT molecular complexity index is 975. The minimum absolute atomic E-state index is 0.325. The third-order valence-corrected chi connectivity index (χ3v) is 3.80. The van der Waals surface area contributed by atoms with E-state index in [1.807, 2.05) is 49.3 Å². The van der Waals surface area contributed by atoms with Crippen LogP contribution in [0, 0.1) is 11.3 Å². The number of carbonyl (C=O) groups is 1. The molecule has 0 saturated carbocycles. The molecule has 0 unspecified atom stereocenters. The topological polar surface area (TPSA) is 93.9 Å². The molecule has 3 aromatic rings. The van der Waals surface area contributed by atoms with Crippen LogP contribution in [0.5, 0.6) is 0 Å². The summed E-state index contributed by atoms with van der Waals surface area (Å²) < 4.78 is 0. The van der Waals surface area contributed by atoms with Gasteiger partial charge in [0.2, 0.25) is 5.95 Å². The molecule has 0 atom stereocenters. The van der Waals surface area contributed by atoms with E-state index in [1.165, 1.54) is 12.4 Å². The fourth-order valence-electron chi connectivity index (χ4n) is 2.35. The molecule has 0 saturated heterocycles. The number of carbonyl (C=O) groups excluding carboxylic acids is 1. The number of hydrogen-bond acceptors (Lipinski definition) is 6. The lowest BCUT2D eigenvalue weighted by molar-refractivity contribution is 0.102. The first kappa shape index (κ1) is 17.9. The van der Waals surface area contributed by atoms with Gasteiger partial charge in [-0.3, -0.25) is 4.79 Å². The lowest BCUT2D eigenvalue weighted by atomic mass is 10.2. The molecule has 0 fully saturated rings. The normalized spacial score (nSPS) is 9.96. The minimum atomic E-state index is -0.341. The smallest absolute Gasteiger partial charge is 0.258 e. The lowest BCUT2D eigenvalue weighted by Crippen LogP contribution is -2.13. The predicted octanol–water partition coefficient (Wildman–Crippen LogP) is 3.41. The van der Waals surface area contributed by atoms with Crippen LogP contribution >= 0.6 is 0 Å². The monoisotopic (exact) mass is 358 g/mol. The van der Waals surface area contributed by atoms with E-state index in [-0.39, 0.29) is 5.91 Å². The second-order valence-corrected chi connectivity index (χ2v) is 6.01. The van der Waals surface area contributed by atoms with E-state index in [9.17, 15) is 4.79 Å². The van der Waals surface area contributed by atoms with E-state index in [2.05, 4.69) is 20.6 Å². The van der Waals surface area contributed by atoms with E-state index < -0.39 is 0 Å². The SMILES string of the molecule is CN(C)c1ccc(Nc2ncc(C(=O)Nc3cccc(C#N)c3)cn2)cc1. The molecule has 7 heteroatoms. The summed E-state index contributed by atoms with van der Waals surface area (Å²) >= 11 is 0.